The average Bonchev–Trinajstić information content (AvgIpc) is 2.53. The summed E-state index contributed by atoms with van der Waals surface area (Å²) in [4.78, 5) is 18.3. The van der Waals surface area contributed by atoms with Gasteiger partial charge in [-0.05, 0) is 6.42 Å². The molecule has 0 aromatic rings. The zero-order valence-corrected chi connectivity index (χ0v) is 14.8. The number of carbonyl (C=O) groups excluding carboxylic acids is 1. The molecule has 0 fully saturated rings. The van der Waals surface area contributed by atoms with Crippen molar-refractivity contribution in [2.45, 2.75) is 110 Å². The number of carbonyl (C=O) groups is 2. The summed E-state index contributed by atoms with van der Waals surface area (Å²) in [5, 5.41) is 8.52. The van der Waals surface area contributed by atoms with Gasteiger partial charge in [0.2, 0.25) is 0 Å². The maximum Gasteiger partial charge on any atom is 0.303 e. The van der Waals surface area contributed by atoms with Gasteiger partial charge in [0.25, 0.3) is 0 Å². The van der Waals surface area contributed by atoms with Crippen molar-refractivity contribution in [2.75, 3.05) is 0 Å². The molecule has 0 aliphatic carbocycles. The highest BCUT2D eigenvalue weighted by molar-refractivity contribution is 5.66. The van der Waals surface area contributed by atoms with E-state index in [0.29, 0.717) is 6.42 Å². The van der Waals surface area contributed by atoms with E-state index >= 15 is 0 Å². The lowest BCUT2D eigenvalue weighted by Crippen LogP contribution is -1.93. The van der Waals surface area contributed by atoms with Gasteiger partial charge in [0.05, 0.1) is 0 Å². The molecule has 0 heterocycles. The summed E-state index contributed by atoms with van der Waals surface area (Å²) >= 11 is 0. The molecule has 3 nitrogen and oxygen atoms in total. The molecule has 132 valence electrons. The second-order valence-electron chi connectivity index (χ2n) is 6.09. The Morgan fingerprint density at radius 1 is 0.636 bits per heavy atom. The van der Waals surface area contributed by atoms with Gasteiger partial charge in [-0.1, -0.05) is 96.8 Å². The van der Waals surface area contributed by atoms with Gasteiger partial charge in [-0.3, -0.25) is 4.79 Å². The van der Waals surface area contributed by atoms with Gasteiger partial charge in [-0.2, -0.15) is 0 Å². The number of carboxylic acid groups (broad SMARTS) is 1. The number of hydrogen-bond acceptors (Lipinski definition) is 2. The van der Waals surface area contributed by atoms with Crippen LogP contribution in [-0.2, 0) is 9.59 Å². The minimum Gasteiger partial charge on any atom is -0.481 e. The summed E-state index contributed by atoms with van der Waals surface area (Å²) in [6.07, 6.45) is 20.2. The summed E-state index contributed by atoms with van der Waals surface area (Å²) < 4.78 is 0. The Balaban J connectivity index is 0. The van der Waals surface area contributed by atoms with Crippen molar-refractivity contribution in [1.82, 2.24) is 0 Å². The second kappa shape index (κ2) is 22.4. The molecule has 0 aliphatic rings. The van der Waals surface area contributed by atoms with E-state index in [-0.39, 0.29) is 0 Å². The third-order valence-corrected chi connectivity index (χ3v) is 3.99. The molecule has 0 atom stereocenters. The van der Waals surface area contributed by atoms with Gasteiger partial charge in [0.1, 0.15) is 6.79 Å². The van der Waals surface area contributed by atoms with Gasteiger partial charge in [0.15, 0.2) is 0 Å². The summed E-state index contributed by atoms with van der Waals surface area (Å²) in [7, 11) is 0. The number of unbranched alkanes of at least 4 members (excludes halogenated alkanes) is 14. The van der Waals surface area contributed by atoms with Crippen LogP contribution < -0.4 is 0 Å². The topological polar surface area (TPSA) is 54.4 Å². The van der Waals surface area contributed by atoms with Crippen LogP contribution in [0.5, 0.6) is 0 Å². The van der Waals surface area contributed by atoms with E-state index in [0.717, 1.165) is 12.8 Å². The molecule has 0 rings (SSSR count). The SMILES string of the molecule is C=O.CCCCCCCCCCCCCCCCCC(=O)O. The van der Waals surface area contributed by atoms with E-state index in [1.54, 1.807) is 0 Å². The van der Waals surface area contributed by atoms with Gasteiger partial charge in [-0.25, -0.2) is 0 Å². The van der Waals surface area contributed by atoms with Crippen LogP contribution >= 0.6 is 0 Å². The zero-order valence-electron chi connectivity index (χ0n) is 14.8. The van der Waals surface area contributed by atoms with Crippen LogP contribution in [0.25, 0.3) is 0 Å². The highest BCUT2D eigenvalue weighted by Gasteiger charge is 1.97. The average molecular weight is 315 g/mol. The highest BCUT2D eigenvalue weighted by atomic mass is 16.4. The molecule has 0 saturated carbocycles. The molecule has 0 amide bonds. The van der Waals surface area contributed by atoms with E-state index in [1.165, 1.54) is 83.5 Å². The van der Waals surface area contributed by atoms with Gasteiger partial charge < -0.3 is 9.90 Å². The van der Waals surface area contributed by atoms with Crippen LogP contribution in [0.2, 0.25) is 0 Å². The normalized spacial score (nSPS) is 10.0. The van der Waals surface area contributed by atoms with Crippen molar-refractivity contribution in [3.05, 3.63) is 0 Å². The first kappa shape index (κ1) is 23.4. The van der Waals surface area contributed by atoms with Crippen LogP contribution in [0.15, 0.2) is 0 Å². The first-order chi connectivity index (χ1) is 10.8. The van der Waals surface area contributed by atoms with Crippen molar-refractivity contribution >= 4 is 12.8 Å². The van der Waals surface area contributed by atoms with Crippen molar-refractivity contribution < 1.29 is 14.7 Å². The predicted octanol–water partition coefficient (Wildman–Crippen LogP) is 6.15. The first-order valence-electron chi connectivity index (χ1n) is 9.28. The fraction of sp³-hybridized carbons (Fsp3) is 0.895. The minimum atomic E-state index is -0.653. The van der Waals surface area contributed by atoms with E-state index in [2.05, 4.69) is 6.92 Å². The molecular weight excluding hydrogens is 276 g/mol. The molecule has 0 saturated heterocycles. The second-order valence-corrected chi connectivity index (χ2v) is 6.09. The van der Waals surface area contributed by atoms with Crippen LogP contribution in [0.3, 0.4) is 0 Å². The molecule has 0 aromatic carbocycles. The van der Waals surface area contributed by atoms with Crippen LogP contribution in [0.1, 0.15) is 110 Å². The largest absolute Gasteiger partial charge is 0.481 e. The molecule has 0 radical (unpaired) electrons. The third-order valence-electron chi connectivity index (χ3n) is 3.99. The smallest absolute Gasteiger partial charge is 0.303 e. The summed E-state index contributed by atoms with van der Waals surface area (Å²) in [6, 6.07) is 0. The minimum absolute atomic E-state index is 0.345. The van der Waals surface area contributed by atoms with E-state index in [1.807, 2.05) is 6.79 Å². The Morgan fingerprint density at radius 2 is 0.909 bits per heavy atom. The standard InChI is InChI=1S/C18H36O2.CH2O/c1-2-3-4-5-6-7-8-9-10-11-12-13-14-15-16-17-18(19)20;1-2/h2-17H2,1H3,(H,19,20);1H2. The van der Waals surface area contributed by atoms with Gasteiger partial charge in [0, 0.05) is 6.42 Å². The number of hydrogen-bond donors (Lipinski definition) is 1. The van der Waals surface area contributed by atoms with E-state index in [9.17, 15) is 4.79 Å². The zero-order chi connectivity index (χ0) is 16.9. The Labute approximate surface area is 137 Å². The number of rotatable bonds is 16. The number of aliphatic carboxylic acids is 1. The molecule has 0 spiro atoms. The molecule has 0 aliphatic heterocycles. The van der Waals surface area contributed by atoms with Gasteiger partial charge in [-0.15, -0.1) is 0 Å². The van der Waals surface area contributed by atoms with Crippen LogP contribution in [0.4, 0.5) is 0 Å². The van der Waals surface area contributed by atoms with Crippen molar-refractivity contribution in [2.24, 2.45) is 0 Å². The Hall–Kier alpha value is -0.860. The van der Waals surface area contributed by atoms with E-state index in [4.69, 9.17) is 9.90 Å². The van der Waals surface area contributed by atoms with Crippen LogP contribution in [0, 0.1) is 0 Å². The number of carboxylic acids is 1. The Morgan fingerprint density at radius 3 is 1.18 bits per heavy atom. The Kier molecular flexibility index (Phi) is 23.9. The lowest BCUT2D eigenvalue weighted by Gasteiger charge is -2.03. The first-order valence-corrected chi connectivity index (χ1v) is 9.28. The maximum absolute atomic E-state index is 10.3. The van der Waals surface area contributed by atoms with Gasteiger partial charge >= 0.3 is 5.97 Å². The molecule has 1 N–H and O–H groups in total. The summed E-state index contributed by atoms with van der Waals surface area (Å²) in [6.45, 7) is 4.27. The highest BCUT2D eigenvalue weighted by Crippen LogP contribution is 2.13. The predicted molar refractivity (Wildman–Crippen MR) is 94.3 cm³/mol. The molecule has 3 heteroatoms. The van der Waals surface area contributed by atoms with Crippen molar-refractivity contribution in [3.8, 4) is 0 Å². The third kappa shape index (κ3) is 24.2. The van der Waals surface area contributed by atoms with E-state index < -0.39 is 5.97 Å². The quantitative estimate of drug-likeness (QED) is 0.348. The molecule has 0 aromatic heterocycles. The molecule has 0 bridgehead atoms. The van der Waals surface area contributed by atoms with Crippen LogP contribution in [-0.4, -0.2) is 17.9 Å². The monoisotopic (exact) mass is 314 g/mol. The summed E-state index contributed by atoms with van der Waals surface area (Å²) in [5.41, 5.74) is 0. The lowest BCUT2D eigenvalue weighted by molar-refractivity contribution is -0.137. The molecular formula is C19H38O3. The lowest BCUT2D eigenvalue weighted by atomic mass is 10.0. The van der Waals surface area contributed by atoms with Crippen molar-refractivity contribution in [1.29, 1.82) is 0 Å². The Bertz CT molecular complexity index is 217. The fourth-order valence-corrected chi connectivity index (χ4v) is 2.65. The fourth-order valence-electron chi connectivity index (χ4n) is 2.65. The summed E-state index contributed by atoms with van der Waals surface area (Å²) in [5.74, 6) is -0.653. The molecule has 22 heavy (non-hydrogen) atoms. The molecule has 0 unspecified atom stereocenters. The maximum atomic E-state index is 10.3. The van der Waals surface area contributed by atoms with Crippen molar-refractivity contribution in [3.63, 3.8) is 0 Å².